The van der Waals surface area contributed by atoms with E-state index in [2.05, 4.69) is 42.7 Å². The Labute approximate surface area is 133 Å². The molecule has 2 aromatic rings. The summed E-state index contributed by atoms with van der Waals surface area (Å²) in [7, 11) is 0. The van der Waals surface area contributed by atoms with E-state index in [1.807, 2.05) is 35.2 Å². The van der Waals surface area contributed by atoms with Crippen LogP contribution in [-0.4, -0.2) is 5.25 Å². The number of hydrogen-bond donors (Lipinski definition) is 1. The van der Waals surface area contributed by atoms with Crippen molar-refractivity contribution < 1.29 is 0 Å². The van der Waals surface area contributed by atoms with Crippen molar-refractivity contribution in [2.45, 2.75) is 41.8 Å². The summed E-state index contributed by atoms with van der Waals surface area (Å²) >= 11 is 9.83. The molecule has 2 heterocycles. The number of hydrogen-bond acceptors (Lipinski definition) is 3. The summed E-state index contributed by atoms with van der Waals surface area (Å²) in [6, 6.07) is 11.2. The molecule has 20 heavy (non-hydrogen) atoms. The second-order valence-corrected chi connectivity index (χ2v) is 8.38. The van der Waals surface area contributed by atoms with Gasteiger partial charge < -0.3 is 5.32 Å². The Morgan fingerprint density at radius 2 is 2.00 bits per heavy atom. The Bertz CT molecular complexity index is 578. The lowest BCUT2D eigenvalue weighted by Gasteiger charge is -2.30. The number of fused-ring (bicyclic) bond motifs is 1. The van der Waals surface area contributed by atoms with Crippen LogP contribution in [0.5, 0.6) is 0 Å². The van der Waals surface area contributed by atoms with E-state index < -0.39 is 0 Å². The van der Waals surface area contributed by atoms with Gasteiger partial charge in [-0.05, 0) is 48.1 Å². The molecular weight excluding hydrogens is 306 g/mol. The van der Waals surface area contributed by atoms with E-state index in [1.54, 1.807) is 0 Å². The quantitative estimate of drug-likeness (QED) is 0.780. The Kier molecular flexibility index (Phi) is 4.41. The lowest BCUT2D eigenvalue weighted by atomic mass is 10.0. The molecule has 1 aromatic carbocycles. The first-order valence-corrected chi connectivity index (χ1v) is 9.03. The maximum Gasteiger partial charge on any atom is 0.0649 e. The average molecular weight is 324 g/mol. The lowest BCUT2D eigenvalue weighted by molar-refractivity contribution is 0.435. The van der Waals surface area contributed by atoms with Crippen molar-refractivity contribution in [3.05, 3.63) is 51.9 Å². The normalized spacial score (nSPS) is 23.4. The zero-order valence-electron chi connectivity index (χ0n) is 11.6. The highest BCUT2D eigenvalue weighted by Crippen LogP contribution is 2.44. The maximum absolute atomic E-state index is 5.96. The predicted octanol–water partition coefficient (Wildman–Crippen LogP) is 5.68. The molecule has 1 unspecified atom stereocenters. The van der Waals surface area contributed by atoms with Gasteiger partial charge in [-0.25, -0.2) is 0 Å². The smallest absolute Gasteiger partial charge is 0.0649 e. The van der Waals surface area contributed by atoms with Gasteiger partial charge in [-0.15, -0.1) is 23.1 Å². The molecule has 0 amide bonds. The monoisotopic (exact) mass is 323 g/mol. The third-order valence-corrected chi connectivity index (χ3v) is 6.33. The second-order valence-electron chi connectivity index (χ2n) is 5.32. The van der Waals surface area contributed by atoms with Crippen molar-refractivity contribution in [1.82, 2.24) is 5.32 Å². The van der Waals surface area contributed by atoms with Crippen molar-refractivity contribution in [2.75, 3.05) is 0 Å². The topological polar surface area (TPSA) is 12.0 Å². The van der Waals surface area contributed by atoms with Crippen LogP contribution in [0.3, 0.4) is 0 Å². The van der Waals surface area contributed by atoms with E-state index >= 15 is 0 Å². The fourth-order valence-electron chi connectivity index (χ4n) is 2.66. The van der Waals surface area contributed by atoms with Gasteiger partial charge in [0, 0.05) is 22.4 Å². The summed E-state index contributed by atoms with van der Waals surface area (Å²) in [5, 5.41) is 7.46. The molecular formula is C16H18ClNS2. The molecule has 1 aromatic heterocycles. The molecule has 0 bridgehead atoms. The standard InChI is InChI=1S/C16H18ClNS2/c1-10-9-15(14-7-8-19-16(14)20-10)18-11(2)12-3-5-13(17)6-4-12/h3-8,10-11,15,18H,9H2,1-2H3/t10-,11-,15?/m0/s1. The fourth-order valence-corrected chi connectivity index (χ4v) is 5.35. The Balaban J connectivity index is 1.76. The lowest BCUT2D eigenvalue weighted by Crippen LogP contribution is -2.28. The summed E-state index contributed by atoms with van der Waals surface area (Å²) in [5.41, 5.74) is 2.76. The maximum atomic E-state index is 5.96. The first-order valence-electron chi connectivity index (χ1n) is 6.89. The van der Waals surface area contributed by atoms with E-state index in [1.165, 1.54) is 21.8 Å². The van der Waals surface area contributed by atoms with E-state index in [0.29, 0.717) is 17.3 Å². The molecule has 0 fully saturated rings. The number of thiophene rings is 1. The molecule has 1 aliphatic rings. The second kappa shape index (κ2) is 6.10. The van der Waals surface area contributed by atoms with Crippen LogP contribution in [0.4, 0.5) is 0 Å². The first kappa shape index (κ1) is 14.5. The highest BCUT2D eigenvalue weighted by molar-refractivity contribution is 8.01. The van der Waals surface area contributed by atoms with Crippen molar-refractivity contribution in [3.8, 4) is 0 Å². The molecule has 3 atom stereocenters. The largest absolute Gasteiger partial charge is 0.303 e. The van der Waals surface area contributed by atoms with Gasteiger partial charge >= 0.3 is 0 Å². The predicted molar refractivity (Wildman–Crippen MR) is 90.0 cm³/mol. The summed E-state index contributed by atoms with van der Waals surface area (Å²) in [5.74, 6) is 0. The van der Waals surface area contributed by atoms with Crippen LogP contribution in [0.25, 0.3) is 0 Å². The third kappa shape index (κ3) is 3.06. The molecule has 1 N–H and O–H groups in total. The molecule has 1 aliphatic heterocycles. The zero-order valence-corrected chi connectivity index (χ0v) is 14.0. The van der Waals surface area contributed by atoms with E-state index in [0.717, 1.165) is 5.02 Å². The van der Waals surface area contributed by atoms with Crippen LogP contribution in [0.2, 0.25) is 5.02 Å². The van der Waals surface area contributed by atoms with Crippen molar-refractivity contribution in [2.24, 2.45) is 0 Å². The van der Waals surface area contributed by atoms with Gasteiger partial charge in [0.1, 0.15) is 0 Å². The Morgan fingerprint density at radius 3 is 2.75 bits per heavy atom. The molecule has 106 valence electrons. The molecule has 0 radical (unpaired) electrons. The van der Waals surface area contributed by atoms with Crippen LogP contribution < -0.4 is 5.32 Å². The summed E-state index contributed by atoms with van der Waals surface area (Å²) in [6.45, 7) is 4.54. The minimum Gasteiger partial charge on any atom is -0.303 e. The van der Waals surface area contributed by atoms with E-state index in [-0.39, 0.29) is 0 Å². The first-order chi connectivity index (χ1) is 9.63. The minimum atomic E-state index is 0.334. The minimum absolute atomic E-state index is 0.334. The van der Waals surface area contributed by atoms with Gasteiger partial charge in [0.2, 0.25) is 0 Å². The molecule has 0 saturated carbocycles. The van der Waals surface area contributed by atoms with Crippen LogP contribution in [0, 0.1) is 0 Å². The fraction of sp³-hybridized carbons (Fsp3) is 0.375. The van der Waals surface area contributed by atoms with Gasteiger partial charge in [0.25, 0.3) is 0 Å². The third-order valence-electron chi connectivity index (χ3n) is 3.73. The van der Waals surface area contributed by atoms with Gasteiger partial charge in [-0.1, -0.05) is 30.7 Å². The Hall–Kier alpha value is -0.480. The number of nitrogens with one attached hydrogen (secondary N) is 1. The summed E-state index contributed by atoms with van der Waals surface area (Å²) < 4.78 is 1.48. The van der Waals surface area contributed by atoms with E-state index in [4.69, 9.17) is 11.6 Å². The highest BCUT2D eigenvalue weighted by atomic mass is 35.5. The van der Waals surface area contributed by atoms with Crippen LogP contribution in [0.15, 0.2) is 39.9 Å². The number of rotatable bonds is 3. The molecule has 3 rings (SSSR count). The molecule has 4 heteroatoms. The zero-order chi connectivity index (χ0) is 14.1. The van der Waals surface area contributed by atoms with Gasteiger partial charge in [0.05, 0.1) is 4.21 Å². The number of benzene rings is 1. The van der Waals surface area contributed by atoms with Crippen LogP contribution in [-0.2, 0) is 0 Å². The molecule has 0 aliphatic carbocycles. The highest BCUT2D eigenvalue weighted by Gasteiger charge is 2.27. The molecule has 0 saturated heterocycles. The van der Waals surface area contributed by atoms with Gasteiger partial charge in [-0.3, -0.25) is 0 Å². The van der Waals surface area contributed by atoms with Crippen molar-refractivity contribution >= 4 is 34.7 Å². The van der Waals surface area contributed by atoms with Crippen LogP contribution >= 0.6 is 34.7 Å². The average Bonchev–Trinajstić information content (AvgIpc) is 2.87. The van der Waals surface area contributed by atoms with Gasteiger partial charge in [0.15, 0.2) is 0 Å². The van der Waals surface area contributed by atoms with E-state index in [9.17, 15) is 0 Å². The number of thioether (sulfide) groups is 1. The van der Waals surface area contributed by atoms with Crippen LogP contribution in [0.1, 0.15) is 43.5 Å². The SMILES string of the molecule is C[C@H](NC1C[C@H](C)Sc2sccc21)c1ccc(Cl)cc1. The summed E-state index contributed by atoms with van der Waals surface area (Å²) in [6.07, 6.45) is 1.19. The van der Waals surface area contributed by atoms with Crippen molar-refractivity contribution in [3.63, 3.8) is 0 Å². The van der Waals surface area contributed by atoms with Crippen molar-refractivity contribution in [1.29, 1.82) is 0 Å². The molecule has 1 nitrogen and oxygen atoms in total. The Morgan fingerprint density at radius 1 is 1.25 bits per heavy atom. The summed E-state index contributed by atoms with van der Waals surface area (Å²) in [4.78, 5) is 0. The molecule has 0 spiro atoms. The van der Waals surface area contributed by atoms with Gasteiger partial charge in [-0.2, -0.15) is 0 Å². The number of halogens is 1.